The molecule has 0 atom stereocenters. The van der Waals surface area contributed by atoms with Crippen molar-refractivity contribution >= 4 is 11.7 Å². The molecule has 88 valence electrons. The summed E-state index contributed by atoms with van der Waals surface area (Å²) < 4.78 is 4.82. The van der Waals surface area contributed by atoms with E-state index in [2.05, 4.69) is 15.5 Å². The fraction of sp³-hybridized carbons (Fsp3) is 0.182. The van der Waals surface area contributed by atoms with Crippen LogP contribution < -0.4 is 10.9 Å². The summed E-state index contributed by atoms with van der Waals surface area (Å²) in [5, 5.41) is 6.17. The predicted octanol–water partition coefficient (Wildman–Crippen LogP) is 1.23. The van der Waals surface area contributed by atoms with Gasteiger partial charge in [0, 0.05) is 23.4 Å². The Bertz CT molecular complexity index is 612. The SMILES string of the molecule is Cc1cc(C(=O)Nc2cc(C)on2)cc(=O)[nH]1. The monoisotopic (exact) mass is 233 g/mol. The minimum atomic E-state index is -0.396. The summed E-state index contributed by atoms with van der Waals surface area (Å²) in [4.78, 5) is 25.5. The first kappa shape index (κ1) is 11.1. The Morgan fingerprint density at radius 2 is 2.12 bits per heavy atom. The topological polar surface area (TPSA) is 88.0 Å². The Labute approximate surface area is 96.6 Å². The second-order valence-corrected chi connectivity index (χ2v) is 3.69. The summed E-state index contributed by atoms with van der Waals surface area (Å²) in [6, 6.07) is 4.41. The van der Waals surface area contributed by atoms with Crippen LogP contribution in [-0.2, 0) is 0 Å². The van der Waals surface area contributed by atoms with Crippen molar-refractivity contribution in [1.29, 1.82) is 0 Å². The molecule has 6 nitrogen and oxygen atoms in total. The summed E-state index contributed by atoms with van der Waals surface area (Å²) in [5.74, 6) is 0.528. The van der Waals surface area contributed by atoms with Crippen LogP contribution in [0, 0.1) is 13.8 Å². The molecule has 2 aromatic heterocycles. The van der Waals surface area contributed by atoms with Crippen LogP contribution in [0.25, 0.3) is 0 Å². The van der Waals surface area contributed by atoms with Gasteiger partial charge in [0.1, 0.15) is 5.76 Å². The Balaban J connectivity index is 2.22. The third kappa shape index (κ3) is 2.60. The Morgan fingerprint density at radius 3 is 2.71 bits per heavy atom. The van der Waals surface area contributed by atoms with Crippen molar-refractivity contribution < 1.29 is 9.32 Å². The zero-order chi connectivity index (χ0) is 12.4. The first-order chi connectivity index (χ1) is 8.04. The van der Waals surface area contributed by atoms with E-state index >= 15 is 0 Å². The fourth-order valence-corrected chi connectivity index (χ4v) is 1.43. The normalized spacial score (nSPS) is 10.2. The summed E-state index contributed by atoms with van der Waals surface area (Å²) >= 11 is 0. The smallest absolute Gasteiger partial charge is 0.257 e. The minimum absolute atomic E-state index is 0.284. The van der Waals surface area contributed by atoms with Crippen LogP contribution in [0.5, 0.6) is 0 Å². The molecule has 0 aliphatic rings. The van der Waals surface area contributed by atoms with Crippen molar-refractivity contribution in [3.63, 3.8) is 0 Å². The summed E-state index contributed by atoms with van der Waals surface area (Å²) in [5.41, 5.74) is 0.595. The third-order valence-electron chi connectivity index (χ3n) is 2.11. The Hall–Kier alpha value is -2.37. The zero-order valence-corrected chi connectivity index (χ0v) is 9.40. The van der Waals surface area contributed by atoms with Crippen LogP contribution in [0.4, 0.5) is 5.82 Å². The number of hydrogen-bond acceptors (Lipinski definition) is 4. The van der Waals surface area contributed by atoms with Gasteiger partial charge in [-0.2, -0.15) is 0 Å². The van der Waals surface area contributed by atoms with Gasteiger partial charge in [0.25, 0.3) is 5.91 Å². The van der Waals surface area contributed by atoms with Gasteiger partial charge in [-0.1, -0.05) is 5.16 Å². The van der Waals surface area contributed by atoms with Crippen molar-refractivity contribution in [2.24, 2.45) is 0 Å². The number of rotatable bonds is 2. The largest absolute Gasteiger partial charge is 0.360 e. The van der Waals surface area contributed by atoms with E-state index in [9.17, 15) is 9.59 Å². The molecule has 2 N–H and O–H groups in total. The molecule has 2 heterocycles. The second-order valence-electron chi connectivity index (χ2n) is 3.69. The number of carbonyl (C=O) groups excluding carboxylic acids is 1. The van der Waals surface area contributed by atoms with E-state index in [1.807, 2.05) is 0 Å². The number of pyridine rings is 1. The van der Waals surface area contributed by atoms with Gasteiger partial charge >= 0.3 is 0 Å². The van der Waals surface area contributed by atoms with Crippen LogP contribution in [0.3, 0.4) is 0 Å². The first-order valence-electron chi connectivity index (χ1n) is 5.00. The van der Waals surface area contributed by atoms with Crippen LogP contribution in [0.2, 0.25) is 0 Å². The molecule has 0 fully saturated rings. The lowest BCUT2D eigenvalue weighted by atomic mass is 10.2. The number of H-pyrrole nitrogens is 1. The summed E-state index contributed by atoms with van der Waals surface area (Å²) in [6.45, 7) is 3.43. The van der Waals surface area contributed by atoms with Gasteiger partial charge in [0.05, 0.1) is 0 Å². The first-order valence-corrected chi connectivity index (χ1v) is 5.00. The highest BCUT2D eigenvalue weighted by Crippen LogP contribution is 2.09. The van der Waals surface area contributed by atoms with Crippen molar-refractivity contribution in [2.45, 2.75) is 13.8 Å². The maximum Gasteiger partial charge on any atom is 0.257 e. The fourth-order valence-electron chi connectivity index (χ4n) is 1.43. The van der Waals surface area contributed by atoms with E-state index in [-0.39, 0.29) is 11.1 Å². The Morgan fingerprint density at radius 1 is 1.35 bits per heavy atom. The van der Waals surface area contributed by atoms with Gasteiger partial charge in [-0.3, -0.25) is 9.59 Å². The molecule has 0 saturated carbocycles. The molecule has 0 aromatic carbocycles. The van der Waals surface area contributed by atoms with Crippen molar-refractivity contribution in [3.05, 3.63) is 45.6 Å². The van der Waals surface area contributed by atoms with Gasteiger partial charge in [-0.25, -0.2) is 0 Å². The maximum atomic E-state index is 11.8. The average molecular weight is 233 g/mol. The van der Waals surface area contributed by atoms with Gasteiger partial charge in [0.15, 0.2) is 5.82 Å². The van der Waals surface area contributed by atoms with Gasteiger partial charge in [0.2, 0.25) is 5.56 Å². The number of nitrogens with zero attached hydrogens (tertiary/aromatic N) is 1. The molecular weight excluding hydrogens is 222 g/mol. The van der Waals surface area contributed by atoms with E-state index in [0.717, 1.165) is 0 Å². The van der Waals surface area contributed by atoms with Crippen molar-refractivity contribution in [2.75, 3.05) is 5.32 Å². The van der Waals surface area contributed by atoms with Gasteiger partial charge < -0.3 is 14.8 Å². The van der Waals surface area contributed by atoms with E-state index in [1.54, 1.807) is 26.0 Å². The number of nitrogens with one attached hydrogen (secondary N) is 2. The van der Waals surface area contributed by atoms with Crippen LogP contribution in [0.1, 0.15) is 21.8 Å². The number of aryl methyl sites for hydroxylation is 2. The Kier molecular flexibility index (Phi) is 2.78. The van der Waals surface area contributed by atoms with E-state index in [0.29, 0.717) is 17.3 Å². The molecule has 17 heavy (non-hydrogen) atoms. The van der Waals surface area contributed by atoms with E-state index in [1.165, 1.54) is 6.07 Å². The number of aromatic amines is 1. The number of hydrogen-bond donors (Lipinski definition) is 2. The average Bonchev–Trinajstić information content (AvgIpc) is 2.62. The van der Waals surface area contributed by atoms with E-state index < -0.39 is 5.91 Å². The molecule has 0 spiro atoms. The van der Waals surface area contributed by atoms with Gasteiger partial charge in [-0.05, 0) is 19.9 Å². The molecule has 0 saturated heterocycles. The molecule has 0 aliphatic carbocycles. The number of carbonyl (C=O) groups is 1. The van der Waals surface area contributed by atoms with Crippen LogP contribution in [0.15, 0.2) is 27.5 Å². The summed E-state index contributed by atoms with van der Waals surface area (Å²) in [6.07, 6.45) is 0. The van der Waals surface area contributed by atoms with Crippen LogP contribution >= 0.6 is 0 Å². The number of anilines is 1. The van der Waals surface area contributed by atoms with Gasteiger partial charge in [-0.15, -0.1) is 0 Å². The molecule has 2 rings (SSSR count). The zero-order valence-electron chi connectivity index (χ0n) is 9.40. The molecule has 1 amide bonds. The molecule has 2 aromatic rings. The quantitative estimate of drug-likeness (QED) is 0.816. The number of amides is 1. The lowest BCUT2D eigenvalue weighted by Gasteiger charge is -2.01. The van der Waals surface area contributed by atoms with Crippen LogP contribution in [-0.4, -0.2) is 16.0 Å². The highest BCUT2D eigenvalue weighted by atomic mass is 16.5. The molecule has 0 aliphatic heterocycles. The predicted molar refractivity (Wildman–Crippen MR) is 61.0 cm³/mol. The van der Waals surface area contributed by atoms with Crippen molar-refractivity contribution in [1.82, 2.24) is 10.1 Å². The molecule has 6 heteroatoms. The number of aromatic nitrogens is 2. The summed E-state index contributed by atoms with van der Waals surface area (Å²) in [7, 11) is 0. The highest BCUT2D eigenvalue weighted by Gasteiger charge is 2.09. The second kappa shape index (κ2) is 4.25. The molecule has 0 bridgehead atoms. The molecular formula is C11H11N3O3. The lowest BCUT2D eigenvalue weighted by Crippen LogP contribution is -2.16. The van der Waals surface area contributed by atoms with Crippen molar-refractivity contribution in [3.8, 4) is 0 Å². The lowest BCUT2D eigenvalue weighted by molar-refractivity contribution is 0.102. The minimum Gasteiger partial charge on any atom is -0.360 e. The highest BCUT2D eigenvalue weighted by molar-refractivity contribution is 6.03. The maximum absolute atomic E-state index is 11.8. The molecule has 0 unspecified atom stereocenters. The standard InChI is InChI=1S/C11H11N3O3/c1-6-3-8(5-10(15)12-6)11(16)13-9-4-7(2)17-14-9/h3-5H,1-2H3,(H,12,15)(H,13,14,16). The third-order valence-corrected chi connectivity index (χ3v) is 2.11. The molecule has 0 radical (unpaired) electrons. The van der Waals surface area contributed by atoms with E-state index in [4.69, 9.17) is 4.52 Å².